The van der Waals surface area contributed by atoms with E-state index in [0.29, 0.717) is 11.3 Å². The fourth-order valence-electron chi connectivity index (χ4n) is 2.69. The number of aromatic nitrogens is 2. The lowest BCUT2D eigenvalue weighted by Crippen LogP contribution is -2.23. The summed E-state index contributed by atoms with van der Waals surface area (Å²) < 4.78 is 5.16. The number of ether oxygens (including phenoxy) is 1. The van der Waals surface area contributed by atoms with Crippen molar-refractivity contribution in [1.82, 2.24) is 15.3 Å². The molecule has 2 aromatic carbocycles. The lowest BCUT2D eigenvalue weighted by molar-refractivity contribution is -0.121. The van der Waals surface area contributed by atoms with Crippen molar-refractivity contribution >= 4 is 11.7 Å². The molecular formula is C22H21N3O3. The molecule has 0 unspecified atom stereocenters. The molecule has 6 nitrogen and oxygen atoms in total. The fourth-order valence-corrected chi connectivity index (χ4v) is 2.69. The Morgan fingerprint density at radius 3 is 2.43 bits per heavy atom. The number of carbonyl (C=O) groups excluding carboxylic acids is 2. The standard InChI is InChI=1S/C22H21N3O3/c1-28-19-9-7-16(8-10-19)20-13-18(24-15-25-20)14-23-22(27)12-11-21(26)17-5-3-2-4-6-17/h2-10,13,15H,11-12,14H2,1H3,(H,23,27). The first-order chi connectivity index (χ1) is 13.7. The molecule has 0 radical (unpaired) electrons. The minimum atomic E-state index is -0.186. The molecule has 1 aromatic heterocycles. The molecule has 3 rings (SSSR count). The minimum Gasteiger partial charge on any atom is -0.497 e. The monoisotopic (exact) mass is 375 g/mol. The van der Waals surface area contributed by atoms with Crippen molar-refractivity contribution in [3.05, 3.63) is 78.2 Å². The van der Waals surface area contributed by atoms with Crippen LogP contribution in [0.25, 0.3) is 11.3 Å². The number of nitrogens with one attached hydrogen (secondary N) is 1. The molecule has 0 aliphatic rings. The van der Waals surface area contributed by atoms with E-state index in [1.165, 1.54) is 6.33 Å². The maximum atomic E-state index is 12.1. The number of rotatable bonds is 8. The summed E-state index contributed by atoms with van der Waals surface area (Å²) in [6, 6.07) is 18.4. The van der Waals surface area contributed by atoms with Crippen LogP contribution in [0.4, 0.5) is 0 Å². The number of nitrogens with zero attached hydrogens (tertiary/aromatic N) is 2. The summed E-state index contributed by atoms with van der Waals surface area (Å²) in [5.74, 6) is 0.545. The summed E-state index contributed by atoms with van der Waals surface area (Å²) in [5, 5.41) is 2.80. The van der Waals surface area contributed by atoms with Gasteiger partial charge in [-0.15, -0.1) is 0 Å². The van der Waals surface area contributed by atoms with Crippen LogP contribution in [0.1, 0.15) is 28.9 Å². The number of ketones is 1. The van der Waals surface area contributed by atoms with Gasteiger partial charge < -0.3 is 10.1 Å². The van der Waals surface area contributed by atoms with Gasteiger partial charge in [-0.1, -0.05) is 30.3 Å². The second-order valence-corrected chi connectivity index (χ2v) is 6.19. The number of Topliss-reactive ketones (excluding diaryl/α,β-unsaturated/α-hetero) is 1. The van der Waals surface area contributed by atoms with Gasteiger partial charge in [-0.25, -0.2) is 9.97 Å². The molecule has 3 aromatic rings. The fraction of sp³-hybridized carbons (Fsp3) is 0.182. The lowest BCUT2D eigenvalue weighted by atomic mass is 10.1. The zero-order valence-electron chi connectivity index (χ0n) is 15.6. The van der Waals surface area contributed by atoms with Gasteiger partial charge in [-0.2, -0.15) is 0 Å². The number of hydrogen-bond acceptors (Lipinski definition) is 5. The van der Waals surface area contributed by atoms with E-state index in [1.807, 2.05) is 48.5 Å². The highest BCUT2D eigenvalue weighted by molar-refractivity contribution is 5.97. The molecule has 1 heterocycles. The van der Waals surface area contributed by atoms with Crippen molar-refractivity contribution in [3.63, 3.8) is 0 Å². The van der Waals surface area contributed by atoms with Crippen LogP contribution in [0.5, 0.6) is 5.75 Å². The predicted molar refractivity (Wildman–Crippen MR) is 106 cm³/mol. The molecule has 142 valence electrons. The van der Waals surface area contributed by atoms with E-state index >= 15 is 0 Å². The molecule has 0 atom stereocenters. The highest BCUT2D eigenvalue weighted by Crippen LogP contribution is 2.20. The van der Waals surface area contributed by atoms with Crippen LogP contribution in [0, 0.1) is 0 Å². The second kappa shape index (κ2) is 9.41. The first-order valence-corrected chi connectivity index (χ1v) is 8.96. The summed E-state index contributed by atoms with van der Waals surface area (Å²) in [4.78, 5) is 32.6. The van der Waals surface area contributed by atoms with Gasteiger partial charge in [0.05, 0.1) is 25.0 Å². The van der Waals surface area contributed by atoms with Crippen LogP contribution in [0.3, 0.4) is 0 Å². The topological polar surface area (TPSA) is 81.2 Å². The average molecular weight is 375 g/mol. The van der Waals surface area contributed by atoms with E-state index in [1.54, 1.807) is 19.2 Å². The number of amides is 1. The Bertz CT molecular complexity index is 941. The van der Waals surface area contributed by atoms with Crippen molar-refractivity contribution < 1.29 is 14.3 Å². The highest BCUT2D eigenvalue weighted by atomic mass is 16.5. The summed E-state index contributed by atoms with van der Waals surface area (Å²) in [5.41, 5.74) is 3.02. The Kier molecular flexibility index (Phi) is 6.46. The SMILES string of the molecule is COc1ccc(-c2cc(CNC(=O)CCC(=O)c3ccccc3)ncn2)cc1. The molecule has 0 aliphatic heterocycles. The van der Waals surface area contributed by atoms with Gasteiger partial charge in [0, 0.05) is 24.0 Å². The summed E-state index contributed by atoms with van der Waals surface area (Å²) >= 11 is 0. The van der Waals surface area contributed by atoms with Crippen molar-refractivity contribution in [2.75, 3.05) is 7.11 Å². The van der Waals surface area contributed by atoms with Crippen LogP contribution in [-0.4, -0.2) is 28.8 Å². The molecule has 6 heteroatoms. The number of hydrogen-bond donors (Lipinski definition) is 1. The third kappa shape index (κ3) is 5.23. The number of methoxy groups -OCH3 is 1. The van der Waals surface area contributed by atoms with Crippen molar-refractivity contribution in [3.8, 4) is 17.0 Å². The third-order valence-electron chi connectivity index (χ3n) is 4.25. The Balaban J connectivity index is 1.52. The van der Waals surface area contributed by atoms with Crippen LogP contribution < -0.4 is 10.1 Å². The van der Waals surface area contributed by atoms with Gasteiger partial charge >= 0.3 is 0 Å². The van der Waals surface area contributed by atoms with Crippen molar-refractivity contribution in [2.45, 2.75) is 19.4 Å². The Morgan fingerprint density at radius 2 is 1.71 bits per heavy atom. The van der Waals surface area contributed by atoms with Gasteiger partial charge in [0.2, 0.25) is 5.91 Å². The molecule has 1 N–H and O–H groups in total. The molecule has 0 fully saturated rings. The average Bonchev–Trinajstić information content (AvgIpc) is 2.77. The maximum absolute atomic E-state index is 12.1. The van der Waals surface area contributed by atoms with Gasteiger partial charge in [0.25, 0.3) is 0 Å². The Hall–Kier alpha value is -3.54. The molecule has 0 bridgehead atoms. The van der Waals surface area contributed by atoms with Crippen LogP contribution in [0.15, 0.2) is 67.0 Å². The molecule has 0 spiro atoms. The highest BCUT2D eigenvalue weighted by Gasteiger charge is 2.09. The summed E-state index contributed by atoms with van der Waals surface area (Å²) in [6.45, 7) is 0.282. The van der Waals surface area contributed by atoms with E-state index in [9.17, 15) is 9.59 Å². The van der Waals surface area contributed by atoms with E-state index in [0.717, 1.165) is 17.0 Å². The van der Waals surface area contributed by atoms with Crippen LogP contribution >= 0.6 is 0 Å². The van der Waals surface area contributed by atoms with Crippen LogP contribution in [0.2, 0.25) is 0 Å². The van der Waals surface area contributed by atoms with Crippen molar-refractivity contribution in [1.29, 1.82) is 0 Å². The third-order valence-corrected chi connectivity index (χ3v) is 4.25. The van der Waals surface area contributed by atoms with E-state index in [-0.39, 0.29) is 31.1 Å². The Labute approximate surface area is 163 Å². The molecular weight excluding hydrogens is 354 g/mol. The normalized spacial score (nSPS) is 10.3. The second-order valence-electron chi connectivity index (χ2n) is 6.19. The first kappa shape index (κ1) is 19.2. The smallest absolute Gasteiger partial charge is 0.220 e. The molecule has 0 aliphatic carbocycles. The van der Waals surface area contributed by atoms with Gasteiger partial charge in [0.15, 0.2) is 5.78 Å². The zero-order chi connectivity index (χ0) is 19.8. The van der Waals surface area contributed by atoms with E-state index in [4.69, 9.17) is 4.74 Å². The van der Waals surface area contributed by atoms with Crippen molar-refractivity contribution in [2.24, 2.45) is 0 Å². The maximum Gasteiger partial charge on any atom is 0.220 e. The quantitative estimate of drug-likeness (QED) is 0.610. The Morgan fingerprint density at radius 1 is 0.964 bits per heavy atom. The number of benzene rings is 2. The molecule has 0 saturated carbocycles. The largest absolute Gasteiger partial charge is 0.497 e. The van der Waals surface area contributed by atoms with Crippen LogP contribution in [-0.2, 0) is 11.3 Å². The van der Waals surface area contributed by atoms with Gasteiger partial charge in [-0.3, -0.25) is 9.59 Å². The summed E-state index contributed by atoms with van der Waals surface area (Å²) in [7, 11) is 1.62. The summed E-state index contributed by atoms with van der Waals surface area (Å²) in [6.07, 6.45) is 1.79. The molecule has 1 amide bonds. The first-order valence-electron chi connectivity index (χ1n) is 8.96. The lowest BCUT2D eigenvalue weighted by Gasteiger charge is -2.07. The minimum absolute atomic E-state index is 0.0421. The molecule has 28 heavy (non-hydrogen) atoms. The van der Waals surface area contributed by atoms with E-state index < -0.39 is 0 Å². The van der Waals surface area contributed by atoms with Gasteiger partial charge in [0.1, 0.15) is 12.1 Å². The molecule has 0 saturated heterocycles. The predicted octanol–water partition coefficient (Wildman–Crippen LogP) is 3.43. The van der Waals surface area contributed by atoms with E-state index in [2.05, 4.69) is 15.3 Å². The zero-order valence-corrected chi connectivity index (χ0v) is 15.6. The number of carbonyl (C=O) groups is 2. The van der Waals surface area contributed by atoms with Gasteiger partial charge in [-0.05, 0) is 30.3 Å².